The number of rotatable bonds is 6. The van der Waals surface area contributed by atoms with Crippen molar-refractivity contribution in [2.45, 2.75) is 31.7 Å². The number of aromatic nitrogens is 2. The number of nitrogens with zero attached hydrogens (tertiary/aromatic N) is 2. The van der Waals surface area contributed by atoms with E-state index in [1.165, 1.54) is 31.2 Å². The number of amides is 1. The van der Waals surface area contributed by atoms with Crippen LogP contribution in [0.2, 0.25) is 0 Å². The first-order chi connectivity index (χ1) is 13.2. The fourth-order valence-electron chi connectivity index (χ4n) is 2.58. The standard InChI is InChI=1S/C19H20N4O4S/c1-12-5-4-6-15(11-12)18-21-19(27-22-18)13(2)23-28(25,26)17-9-7-16(8-10-17)20-14(3)24/h4-11,13,23H,1-3H3,(H,20,24)/t13-/m1/s1. The van der Waals surface area contributed by atoms with Crippen molar-refractivity contribution in [2.75, 3.05) is 5.32 Å². The van der Waals surface area contributed by atoms with Crippen molar-refractivity contribution in [3.05, 3.63) is 60.0 Å². The number of aryl methyl sites for hydroxylation is 1. The second-order valence-corrected chi connectivity index (χ2v) is 8.09. The number of sulfonamides is 1. The molecule has 0 aliphatic heterocycles. The number of nitrogens with one attached hydrogen (secondary N) is 2. The molecule has 0 unspecified atom stereocenters. The number of carbonyl (C=O) groups is 1. The molecule has 0 spiro atoms. The van der Waals surface area contributed by atoms with Crippen molar-refractivity contribution in [3.8, 4) is 11.4 Å². The third-order valence-electron chi connectivity index (χ3n) is 3.91. The first kappa shape index (κ1) is 19.7. The first-order valence-electron chi connectivity index (χ1n) is 8.55. The van der Waals surface area contributed by atoms with Crippen LogP contribution < -0.4 is 10.0 Å². The summed E-state index contributed by atoms with van der Waals surface area (Å²) >= 11 is 0. The third-order valence-corrected chi connectivity index (χ3v) is 5.46. The molecule has 0 saturated carbocycles. The fourth-order valence-corrected chi connectivity index (χ4v) is 3.78. The molecule has 0 saturated heterocycles. The summed E-state index contributed by atoms with van der Waals surface area (Å²) in [5.74, 6) is 0.322. The van der Waals surface area contributed by atoms with E-state index in [0.717, 1.165) is 11.1 Å². The predicted molar refractivity (Wildman–Crippen MR) is 104 cm³/mol. The van der Waals surface area contributed by atoms with E-state index >= 15 is 0 Å². The molecule has 146 valence electrons. The highest BCUT2D eigenvalue weighted by molar-refractivity contribution is 7.89. The van der Waals surface area contributed by atoms with Gasteiger partial charge in [-0.05, 0) is 44.2 Å². The van der Waals surface area contributed by atoms with Crippen LogP contribution in [0.3, 0.4) is 0 Å². The van der Waals surface area contributed by atoms with Crippen molar-refractivity contribution in [2.24, 2.45) is 0 Å². The van der Waals surface area contributed by atoms with Gasteiger partial charge in [-0.15, -0.1) is 0 Å². The van der Waals surface area contributed by atoms with Crippen LogP contribution in [0.4, 0.5) is 5.69 Å². The molecule has 28 heavy (non-hydrogen) atoms. The molecule has 0 aliphatic carbocycles. The van der Waals surface area contributed by atoms with Crippen molar-refractivity contribution in [1.82, 2.24) is 14.9 Å². The average molecular weight is 400 g/mol. The first-order valence-corrected chi connectivity index (χ1v) is 10.0. The Hall–Kier alpha value is -3.04. The van der Waals surface area contributed by atoms with E-state index in [0.29, 0.717) is 11.5 Å². The molecule has 0 fully saturated rings. The van der Waals surface area contributed by atoms with Crippen LogP contribution in [0.5, 0.6) is 0 Å². The molecule has 3 aromatic rings. The Kier molecular flexibility index (Phi) is 5.57. The second-order valence-electron chi connectivity index (χ2n) is 6.37. The van der Waals surface area contributed by atoms with Gasteiger partial charge in [0.05, 0.1) is 10.9 Å². The molecule has 1 amide bonds. The molecule has 1 atom stereocenters. The molecular weight excluding hydrogens is 380 g/mol. The summed E-state index contributed by atoms with van der Waals surface area (Å²) in [6, 6.07) is 12.7. The molecule has 0 aliphatic rings. The molecule has 3 rings (SSSR count). The lowest BCUT2D eigenvalue weighted by Crippen LogP contribution is -2.27. The van der Waals surface area contributed by atoms with Gasteiger partial charge < -0.3 is 9.84 Å². The monoisotopic (exact) mass is 400 g/mol. The predicted octanol–water partition coefficient (Wildman–Crippen LogP) is 3.04. The topological polar surface area (TPSA) is 114 Å². The van der Waals surface area contributed by atoms with E-state index in [9.17, 15) is 13.2 Å². The highest BCUT2D eigenvalue weighted by Gasteiger charge is 2.22. The minimum Gasteiger partial charge on any atom is -0.337 e. The molecule has 2 N–H and O–H groups in total. The van der Waals surface area contributed by atoms with Gasteiger partial charge in [-0.1, -0.05) is 28.9 Å². The van der Waals surface area contributed by atoms with Crippen LogP contribution in [0, 0.1) is 6.92 Å². The zero-order valence-electron chi connectivity index (χ0n) is 15.6. The van der Waals surface area contributed by atoms with E-state index in [-0.39, 0.29) is 16.7 Å². The van der Waals surface area contributed by atoms with E-state index in [2.05, 4.69) is 20.2 Å². The molecular formula is C19H20N4O4S. The van der Waals surface area contributed by atoms with Crippen LogP contribution in [0.1, 0.15) is 31.3 Å². The lowest BCUT2D eigenvalue weighted by atomic mass is 10.1. The molecule has 1 heterocycles. The Morgan fingerprint density at radius 3 is 2.50 bits per heavy atom. The molecule has 0 radical (unpaired) electrons. The maximum absolute atomic E-state index is 12.6. The highest BCUT2D eigenvalue weighted by Crippen LogP contribution is 2.21. The molecule has 0 bridgehead atoms. The summed E-state index contributed by atoms with van der Waals surface area (Å²) in [4.78, 5) is 15.4. The lowest BCUT2D eigenvalue weighted by Gasteiger charge is -2.11. The van der Waals surface area contributed by atoms with Gasteiger partial charge >= 0.3 is 0 Å². The zero-order valence-corrected chi connectivity index (χ0v) is 16.4. The number of anilines is 1. The van der Waals surface area contributed by atoms with Gasteiger partial charge in [-0.2, -0.15) is 9.71 Å². The van der Waals surface area contributed by atoms with Gasteiger partial charge in [0.15, 0.2) is 0 Å². The van der Waals surface area contributed by atoms with Gasteiger partial charge in [0.1, 0.15) is 0 Å². The van der Waals surface area contributed by atoms with Crippen LogP contribution in [0.15, 0.2) is 57.9 Å². The highest BCUT2D eigenvalue weighted by atomic mass is 32.2. The Morgan fingerprint density at radius 2 is 1.86 bits per heavy atom. The SMILES string of the molecule is CC(=O)Nc1ccc(S(=O)(=O)N[C@H](C)c2nc(-c3cccc(C)c3)no2)cc1. The third kappa shape index (κ3) is 4.62. The number of carbonyl (C=O) groups excluding carboxylic acids is 1. The quantitative estimate of drug-likeness (QED) is 0.657. The maximum Gasteiger partial charge on any atom is 0.244 e. The smallest absolute Gasteiger partial charge is 0.244 e. The molecule has 9 heteroatoms. The summed E-state index contributed by atoms with van der Waals surface area (Å²) < 4.78 is 32.9. The van der Waals surface area contributed by atoms with Gasteiger partial charge in [-0.3, -0.25) is 4.79 Å². The normalized spacial score (nSPS) is 12.5. The Bertz CT molecular complexity index is 1090. The molecule has 8 nitrogen and oxygen atoms in total. The van der Waals surface area contributed by atoms with Gasteiger partial charge in [0.2, 0.25) is 27.6 Å². The van der Waals surface area contributed by atoms with E-state index < -0.39 is 16.1 Å². The van der Waals surface area contributed by atoms with Crippen molar-refractivity contribution < 1.29 is 17.7 Å². The molecule has 1 aromatic heterocycles. The van der Waals surface area contributed by atoms with Crippen LogP contribution in [-0.4, -0.2) is 24.5 Å². The summed E-state index contributed by atoms with van der Waals surface area (Å²) in [6.45, 7) is 4.96. The van der Waals surface area contributed by atoms with Crippen molar-refractivity contribution in [3.63, 3.8) is 0 Å². The summed E-state index contributed by atoms with van der Waals surface area (Å²) in [5.41, 5.74) is 2.36. The van der Waals surface area contributed by atoms with E-state index in [1.54, 1.807) is 6.92 Å². The fraction of sp³-hybridized carbons (Fsp3) is 0.211. The van der Waals surface area contributed by atoms with Gasteiger partial charge in [0, 0.05) is 18.2 Å². The van der Waals surface area contributed by atoms with Crippen LogP contribution >= 0.6 is 0 Å². The van der Waals surface area contributed by atoms with Crippen LogP contribution in [-0.2, 0) is 14.8 Å². The van der Waals surface area contributed by atoms with E-state index in [4.69, 9.17) is 4.52 Å². The summed E-state index contributed by atoms with van der Waals surface area (Å²) in [7, 11) is -3.81. The second kappa shape index (κ2) is 7.91. The van der Waals surface area contributed by atoms with E-state index in [1.807, 2.05) is 31.2 Å². The number of benzene rings is 2. The Labute approximate surface area is 163 Å². The minimum absolute atomic E-state index is 0.0619. The Balaban J connectivity index is 1.75. The Morgan fingerprint density at radius 1 is 1.14 bits per heavy atom. The van der Waals surface area contributed by atoms with Gasteiger partial charge in [-0.25, -0.2) is 8.42 Å². The maximum atomic E-state index is 12.6. The summed E-state index contributed by atoms with van der Waals surface area (Å²) in [5, 5.41) is 6.51. The van der Waals surface area contributed by atoms with Gasteiger partial charge in [0.25, 0.3) is 0 Å². The minimum atomic E-state index is -3.81. The number of hydrogen-bond donors (Lipinski definition) is 2. The summed E-state index contributed by atoms with van der Waals surface area (Å²) in [6.07, 6.45) is 0. The zero-order chi connectivity index (χ0) is 20.3. The lowest BCUT2D eigenvalue weighted by molar-refractivity contribution is -0.114. The molecule has 2 aromatic carbocycles. The van der Waals surface area contributed by atoms with Crippen molar-refractivity contribution >= 4 is 21.6 Å². The van der Waals surface area contributed by atoms with Crippen molar-refractivity contribution in [1.29, 1.82) is 0 Å². The largest absolute Gasteiger partial charge is 0.337 e. The average Bonchev–Trinajstić information content (AvgIpc) is 3.12. The van der Waals surface area contributed by atoms with Crippen LogP contribution in [0.25, 0.3) is 11.4 Å². The number of hydrogen-bond acceptors (Lipinski definition) is 6.